The Morgan fingerprint density at radius 1 is 0.611 bits per heavy atom. The van der Waals surface area contributed by atoms with Crippen LogP contribution in [0.2, 0.25) is 5.15 Å². The van der Waals surface area contributed by atoms with Crippen molar-refractivity contribution in [2.24, 2.45) is 0 Å². The highest BCUT2D eigenvalue weighted by Crippen LogP contribution is 2.21. The zero-order chi connectivity index (χ0) is 38.5. The Morgan fingerprint density at radius 3 is 1.78 bits per heavy atom. The lowest BCUT2D eigenvalue weighted by molar-refractivity contribution is -0.141. The fraction of sp³-hybridized carbons (Fsp3) is 0.262. The highest BCUT2D eigenvalue weighted by Gasteiger charge is 2.09. The van der Waals surface area contributed by atoms with Crippen LogP contribution in [0.15, 0.2) is 110 Å². The smallest absolute Gasteiger partial charge is 0.305 e. The Morgan fingerprint density at radius 2 is 1.15 bits per heavy atom. The monoisotopic (exact) mass is 750 g/mol. The van der Waals surface area contributed by atoms with E-state index in [1.54, 1.807) is 12.1 Å². The summed E-state index contributed by atoms with van der Waals surface area (Å²) in [5, 5.41) is 11.1. The fourth-order valence-corrected chi connectivity index (χ4v) is 5.40. The third-order valence-electron chi connectivity index (χ3n) is 8.19. The topological polar surface area (TPSA) is 151 Å². The van der Waals surface area contributed by atoms with Crippen LogP contribution in [0.25, 0.3) is 21.8 Å². The number of aliphatic hydroxyl groups excluding tert-OH is 1. The van der Waals surface area contributed by atoms with E-state index in [4.69, 9.17) is 21.4 Å². The van der Waals surface area contributed by atoms with Crippen LogP contribution in [0, 0.1) is 0 Å². The standard InChI is InChI=1S/C21H22N2O3.C13H16O4.C8H5ClN2/c1-25-20(24)8-4-5-16-9-11-17(12-10-16)13-14-26-21-18-6-2-3-7-19(18)22-15-23-21;1-17-13(16)7-6-12(15)11-4-2-10(3-5-11)8-9-14;9-8-6-3-1-2-4-7(6)10-5-11-8/h2-3,6-7,9-12,15H,4-5,8,13-14H2,1H3;2-5,14H,6-9H2,1H3;1-5H. The predicted molar refractivity (Wildman–Crippen MR) is 207 cm³/mol. The second kappa shape index (κ2) is 22.3. The minimum Gasteiger partial charge on any atom is -0.477 e. The number of para-hydroxylation sites is 2. The van der Waals surface area contributed by atoms with E-state index in [1.807, 2.05) is 60.7 Å². The lowest BCUT2D eigenvalue weighted by Gasteiger charge is -2.08. The lowest BCUT2D eigenvalue weighted by atomic mass is 10.0. The number of rotatable bonds is 14. The SMILES string of the molecule is COC(=O)CCC(=O)c1ccc(CCO)cc1.COC(=O)CCCc1ccc(CCOc2ncnc3ccccc23)cc1.Clc1ncnc2ccccc12. The average Bonchev–Trinajstić information content (AvgIpc) is 3.21. The molecule has 0 bridgehead atoms. The molecular formula is C42H43ClN4O7. The number of ether oxygens (including phenoxy) is 3. The zero-order valence-electron chi connectivity index (χ0n) is 30.3. The van der Waals surface area contributed by atoms with E-state index in [0.29, 0.717) is 36.0 Å². The highest BCUT2D eigenvalue weighted by molar-refractivity contribution is 6.33. The molecule has 12 heteroatoms. The van der Waals surface area contributed by atoms with Crippen LogP contribution < -0.4 is 4.74 Å². The van der Waals surface area contributed by atoms with Gasteiger partial charge < -0.3 is 19.3 Å². The van der Waals surface area contributed by atoms with E-state index in [1.165, 1.54) is 38.0 Å². The minimum absolute atomic E-state index is 0.0778. The number of halogens is 1. The number of aromatic nitrogens is 4. The molecule has 4 aromatic carbocycles. The number of aryl methyl sites for hydroxylation is 1. The van der Waals surface area contributed by atoms with Gasteiger partial charge in [-0.2, -0.15) is 0 Å². The first-order chi connectivity index (χ1) is 26.3. The Labute approximate surface area is 319 Å². The van der Waals surface area contributed by atoms with Gasteiger partial charge in [0.2, 0.25) is 5.88 Å². The maximum atomic E-state index is 11.7. The molecule has 0 saturated heterocycles. The molecule has 2 heterocycles. The van der Waals surface area contributed by atoms with Crippen LogP contribution in [0.1, 0.15) is 52.7 Å². The number of benzene rings is 4. The van der Waals surface area contributed by atoms with Gasteiger partial charge in [-0.3, -0.25) is 14.4 Å². The van der Waals surface area contributed by atoms with Crippen molar-refractivity contribution in [3.63, 3.8) is 0 Å². The molecule has 0 atom stereocenters. The van der Waals surface area contributed by atoms with Crippen molar-refractivity contribution in [2.75, 3.05) is 27.4 Å². The van der Waals surface area contributed by atoms with E-state index in [9.17, 15) is 14.4 Å². The number of nitrogens with zero attached hydrogens (tertiary/aromatic N) is 4. The van der Waals surface area contributed by atoms with Gasteiger partial charge in [-0.05, 0) is 60.2 Å². The van der Waals surface area contributed by atoms with E-state index in [0.717, 1.165) is 46.6 Å². The Hall–Kier alpha value is -5.78. The van der Waals surface area contributed by atoms with Crippen molar-refractivity contribution >= 4 is 51.1 Å². The van der Waals surface area contributed by atoms with E-state index < -0.39 is 0 Å². The minimum atomic E-state index is -0.379. The van der Waals surface area contributed by atoms with Gasteiger partial charge in [-0.1, -0.05) is 84.4 Å². The van der Waals surface area contributed by atoms with Crippen LogP contribution in [-0.4, -0.2) is 70.2 Å². The van der Waals surface area contributed by atoms with Gasteiger partial charge >= 0.3 is 11.9 Å². The molecule has 0 spiro atoms. The van der Waals surface area contributed by atoms with Gasteiger partial charge in [0.15, 0.2) is 5.78 Å². The van der Waals surface area contributed by atoms with Crippen LogP contribution in [-0.2, 0) is 38.3 Å². The Kier molecular flexibility index (Phi) is 16.9. The van der Waals surface area contributed by atoms with E-state index in [2.05, 4.69) is 53.7 Å². The molecule has 0 aliphatic rings. The summed E-state index contributed by atoms with van der Waals surface area (Å²) >= 11 is 5.81. The number of fused-ring (bicyclic) bond motifs is 2. The molecule has 2 aromatic heterocycles. The second-order valence-electron chi connectivity index (χ2n) is 11.9. The third kappa shape index (κ3) is 13.3. The van der Waals surface area contributed by atoms with Crippen molar-refractivity contribution in [3.05, 3.63) is 137 Å². The molecular weight excluding hydrogens is 708 g/mol. The summed E-state index contributed by atoms with van der Waals surface area (Å²) in [6, 6.07) is 30.9. The van der Waals surface area contributed by atoms with Gasteiger partial charge in [-0.25, -0.2) is 19.9 Å². The summed E-state index contributed by atoms with van der Waals surface area (Å²) in [7, 11) is 2.72. The largest absolute Gasteiger partial charge is 0.477 e. The number of aliphatic hydroxyl groups is 1. The number of carbonyl (C=O) groups excluding carboxylic acids is 3. The number of ketones is 1. The summed E-state index contributed by atoms with van der Waals surface area (Å²) in [5.74, 6) is 0.00671. The van der Waals surface area contributed by atoms with Crippen LogP contribution in [0.4, 0.5) is 0 Å². The molecule has 0 fully saturated rings. The van der Waals surface area contributed by atoms with Gasteiger partial charge in [0, 0.05) is 36.8 Å². The molecule has 0 radical (unpaired) electrons. The molecule has 0 unspecified atom stereocenters. The maximum absolute atomic E-state index is 11.7. The van der Waals surface area contributed by atoms with Crippen molar-refractivity contribution < 1.29 is 33.7 Å². The van der Waals surface area contributed by atoms with Crippen LogP contribution in [0.5, 0.6) is 5.88 Å². The maximum Gasteiger partial charge on any atom is 0.305 e. The molecule has 0 aliphatic carbocycles. The van der Waals surface area contributed by atoms with Crippen molar-refractivity contribution in [1.29, 1.82) is 0 Å². The molecule has 0 aliphatic heterocycles. The van der Waals surface area contributed by atoms with Gasteiger partial charge in [0.25, 0.3) is 0 Å². The number of methoxy groups -OCH3 is 2. The van der Waals surface area contributed by atoms with Gasteiger partial charge in [0.1, 0.15) is 17.8 Å². The van der Waals surface area contributed by atoms with Crippen LogP contribution in [0.3, 0.4) is 0 Å². The normalized spacial score (nSPS) is 10.4. The summed E-state index contributed by atoms with van der Waals surface area (Å²) < 4.78 is 15.0. The average molecular weight is 751 g/mol. The second-order valence-corrected chi connectivity index (χ2v) is 12.3. The molecule has 1 N–H and O–H groups in total. The first-order valence-electron chi connectivity index (χ1n) is 17.4. The van der Waals surface area contributed by atoms with Gasteiger partial charge in [-0.15, -0.1) is 0 Å². The van der Waals surface area contributed by atoms with Crippen molar-refractivity contribution in [2.45, 2.75) is 44.9 Å². The summed E-state index contributed by atoms with van der Waals surface area (Å²) in [6.45, 7) is 0.651. The van der Waals surface area contributed by atoms with Crippen molar-refractivity contribution in [3.8, 4) is 5.88 Å². The number of hydrogen-bond donors (Lipinski definition) is 1. The number of hydrogen-bond acceptors (Lipinski definition) is 11. The molecule has 54 heavy (non-hydrogen) atoms. The summed E-state index contributed by atoms with van der Waals surface area (Å²) in [4.78, 5) is 50.1. The third-order valence-corrected chi connectivity index (χ3v) is 8.49. The zero-order valence-corrected chi connectivity index (χ0v) is 31.1. The highest BCUT2D eigenvalue weighted by atomic mass is 35.5. The molecule has 11 nitrogen and oxygen atoms in total. The molecule has 0 saturated carbocycles. The summed E-state index contributed by atoms with van der Waals surface area (Å²) in [6.07, 6.45) is 6.77. The van der Waals surface area contributed by atoms with Crippen molar-refractivity contribution in [1.82, 2.24) is 19.9 Å². The quantitative estimate of drug-likeness (QED) is 0.0674. The number of carbonyl (C=O) groups is 3. The first-order valence-corrected chi connectivity index (χ1v) is 17.8. The number of esters is 2. The molecule has 280 valence electrons. The van der Waals surface area contributed by atoms with E-state index in [-0.39, 0.29) is 37.2 Å². The summed E-state index contributed by atoms with van der Waals surface area (Å²) in [5.41, 5.74) is 5.76. The van der Waals surface area contributed by atoms with Gasteiger partial charge in [0.05, 0.1) is 43.7 Å². The number of Topliss-reactive ketones (excluding diaryl/α,β-unsaturated/α-hetero) is 1. The molecule has 0 amide bonds. The fourth-order valence-electron chi connectivity index (χ4n) is 5.19. The van der Waals surface area contributed by atoms with Crippen LogP contribution >= 0.6 is 11.6 Å². The Balaban J connectivity index is 0.000000198. The Bertz CT molecular complexity index is 2080. The van der Waals surface area contributed by atoms with E-state index >= 15 is 0 Å². The molecule has 6 aromatic rings. The lowest BCUT2D eigenvalue weighted by Crippen LogP contribution is -2.06. The predicted octanol–water partition coefficient (Wildman–Crippen LogP) is 7.39. The first kappa shape index (κ1) is 41.0. The molecule has 6 rings (SSSR count).